The Morgan fingerprint density at radius 1 is 1.08 bits per heavy atom. The molecule has 0 amide bonds. The maximum Gasteiger partial charge on any atom is 0.266 e. The van der Waals surface area contributed by atoms with E-state index >= 15 is 0 Å². The molecule has 0 unspecified atom stereocenters. The van der Waals surface area contributed by atoms with E-state index in [4.69, 9.17) is 17.0 Å². The molecule has 0 fully saturated rings. The van der Waals surface area contributed by atoms with Crippen molar-refractivity contribution in [1.82, 2.24) is 10.3 Å². The summed E-state index contributed by atoms with van der Waals surface area (Å²) in [7, 11) is -3.00. The minimum absolute atomic E-state index is 0.0281. The molecule has 4 N–H and O–H groups in total. The van der Waals surface area contributed by atoms with Gasteiger partial charge in [-0.25, -0.2) is 8.42 Å². The number of aromatic hydroxyl groups is 1. The number of sulfonamides is 1. The number of hydrogen-bond acceptors (Lipinski definition) is 5. The number of anilines is 1. The van der Waals surface area contributed by atoms with Crippen LogP contribution in [0, 0.1) is 3.57 Å². The zero-order chi connectivity index (χ0) is 27.4. The van der Waals surface area contributed by atoms with Crippen LogP contribution in [0.4, 0.5) is 10.2 Å². The lowest BCUT2D eigenvalue weighted by atomic mass is 9.87. The highest BCUT2D eigenvalue weighted by Gasteiger charge is 2.21. The second-order valence-electron chi connectivity index (χ2n) is 9.45. The molecule has 0 heterocycles. The van der Waals surface area contributed by atoms with Crippen LogP contribution in [-0.4, -0.2) is 25.7 Å². The third-order valence-electron chi connectivity index (χ3n) is 5.72. The maximum atomic E-state index is 13.3. The average molecular weight is 658 g/mol. The quantitative estimate of drug-likeness (QED) is 0.143. The average Bonchev–Trinajstić information content (AvgIpc) is 2.84. The molecule has 0 spiro atoms. The zero-order valence-corrected chi connectivity index (χ0v) is 24.6. The van der Waals surface area contributed by atoms with Gasteiger partial charge >= 0.3 is 0 Å². The van der Waals surface area contributed by atoms with Crippen molar-refractivity contribution in [2.24, 2.45) is 0 Å². The number of nitrogens with one attached hydrogen (secondary N) is 3. The van der Waals surface area contributed by atoms with Crippen LogP contribution in [0.15, 0.2) is 59.5 Å². The minimum atomic E-state index is -4.42. The highest BCUT2D eigenvalue weighted by Crippen LogP contribution is 2.33. The lowest BCUT2D eigenvalue weighted by Gasteiger charge is -2.19. The van der Waals surface area contributed by atoms with Gasteiger partial charge in [-0.15, -0.1) is 4.48 Å². The van der Waals surface area contributed by atoms with Crippen LogP contribution >= 0.6 is 34.8 Å². The topological polar surface area (TPSA) is 99.7 Å². The number of phenols is 1. The molecule has 0 atom stereocenters. The fourth-order valence-corrected chi connectivity index (χ4v) is 5.32. The van der Waals surface area contributed by atoms with Gasteiger partial charge in [-0.3, -0.25) is 0 Å². The van der Waals surface area contributed by atoms with E-state index < -0.39 is 10.0 Å². The van der Waals surface area contributed by atoms with Crippen LogP contribution in [-0.2, 0) is 28.4 Å². The Kier molecular flexibility index (Phi) is 9.37. The Morgan fingerprint density at radius 2 is 1.76 bits per heavy atom. The van der Waals surface area contributed by atoms with E-state index in [0.717, 1.165) is 10.5 Å². The minimum Gasteiger partial charge on any atom is -0.504 e. The summed E-state index contributed by atoms with van der Waals surface area (Å²) >= 11 is 7.42. The Bertz CT molecular complexity index is 1390. The first-order chi connectivity index (χ1) is 17.3. The van der Waals surface area contributed by atoms with Crippen molar-refractivity contribution < 1.29 is 22.7 Å². The summed E-state index contributed by atoms with van der Waals surface area (Å²) in [5, 5.41) is 16.3. The third-order valence-corrected chi connectivity index (χ3v) is 8.13. The zero-order valence-electron chi connectivity index (χ0n) is 20.9. The molecule has 0 aromatic heterocycles. The van der Waals surface area contributed by atoms with Crippen molar-refractivity contribution >= 4 is 55.6 Å². The van der Waals surface area contributed by atoms with Gasteiger partial charge in [0, 0.05) is 15.8 Å². The van der Waals surface area contributed by atoms with Gasteiger partial charge in [-0.1, -0.05) is 51.1 Å². The Labute approximate surface area is 236 Å². The maximum absolute atomic E-state index is 13.3. The molecule has 7 nitrogen and oxygen atoms in total. The summed E-state index contributed by atoms with van der Waals surface area (Å²) in [6.07, 6.45) is 0.165. The molecular weight excluding hydrogens is 628 g/mol. The van der Waals surface area contributed by atoms with E-state index in [1.165, 1.54) is 24.8 Å². The van der Waals surface area contributed by atoms with E-state index in [1.807, 2.05) is 34.7 Å². The largest absolute Gasteiger partial charge is 0.504 e. The molecule has 3 aromatic rings. The van der Waals surface area contributed by atoms with Crippen LogP contribution in [0.1, 0.15) is 43.0 Å². The van der Waals surface area contributed by atoms with Gasteiger partial charge in [0.2, 0.25) is 0 Å². The smallest absolute Gasteiger partial charge is 0.266 e. The number of thiocarbonyl (C=S) groups is 1. The molecule has 0 bridgehead atoms. The SMILES string of the molecule is COc1cc(Cc2ccc(NC(=S)NCc3ccc(C(C)(C)C)cc3)cc2S(=O)(=O)NF)c(I)cc1O. The Hall–Kier alpha value is -2.48. The fourth-order valence-electron chi connectivity index (χ4n) is 3.64. The van der Waals surface area contributed by atoms with Gasteiger partial charge in [0.15, 0.2) is 16.6 Å². The van der Waals surface area contributed by atoms with Crippen LogP contribution in [0.3, 0.4) is 0 Å². The lowest BCUT2D eigenvalue weighted by molar-refractivity contribution is 0.372. The number of rotatable bonds is 8. The van der Waals surface area contributed by atoms with Crippen molar-refractivity contribution in [2.45, 2.75) is 44.0 Å². The molecule has 3 rings (SSSR count). The first-order valence-electron chi connectivity index (χ1n) is 11.3. The predicted molar refractivity (Wildman–Crippen MR) is 156 cm³/mol. The summed E-state index contributed by atoms with van der Waals surface area (Å²) < 4.78 is 44.1. The second kappa shape index (κ2) is 11.9. The monoisotopic (exact) mass is 657 g/mol. The Morgan fingerprint density at radius 3 is 2.35 bits per heavy atom. The molecule has 37 heavy (non-hydrogen) atoms. The van der Waals surface area contributed by atoms with Crippen LogP contribution in [0.5, 0.6) is 11.5 Å². The highest BCUT2D eigenvalue weighted by atomic mass is 127. The first-order valence-corrected chi connectivity index (χ1v) is 14.3. The number of hydrogen-bond donors (Lipinski definition) is 4. The second-order valence-corrected chi connectivity index (χ2v) is 12.6. The predicted octanol–water partition coefficient (Wildman–Crippen LogP) is 5.54. The standard InChI is InChI=1S/C26H29FIN3O4S2/c1-26(2,3)19-8-5-16(6-9-19)15-29-25(36)30-20-10-7-17(24(13-20)37(33,34)31-27)11-18-12-23(35-4)22(32)14-21(18)28/h5-10,12-14,31-32H,11,15H2,1-4H3,(H2,29,30,36). The first kappa shape index (κ1) is 29.1. The summed E-state index contributed by atoms with van der Waals surface area (Å²) in [6, 6.07) is 16.0. The molecule has 198 valence electrons. The Balaban J connectivity index is 1.78. The van der Waals surface area contributed by atoms with Gasteiger partial charge in [0.1, 0.15) is 0 Å². The third kappa shape index (κ3) is 7.53. The van der Waals surface area contributed by atoms with Gasteiger partial charge in [-0.2, -0.15) is 0 Å². The molecule has 0 aliphatic rings. The van der Waals surface area contributed by atoms with Crippen LogP contribution < -0.4 is 20.3 Å². The number of phenolic OH excluding ortho intramolecular Hbond substituents is 1. The number of benzene rings is 3. The van der Waals surface area contributed by atoms with Crippen LogP contribution in [0.25, 0.3) is 0 Å². The normalized spacial score (nSPS) is 11.7. The van der Waals surface area contributed by atoms with E-state index in [1.54, 1.807) is 18.2 Å². The molecular formula is C26H29FIN3O4S2. The molecule has 0 aliphatic heterocycles. The summed E-state index contributed by atoms with van der Waals surface area (Å²) in [6.45, 7) is 6.94. The number of ether oxygens (including phenoxy) is 1. The molecule has 0 saturated carbocycles. The summed E-state index contributed by atoms with van der Waals surface area (Å²) in [5.41, 5.74) is 3.79. The van der Waals surface area contributed by atoms with Crippen molar-refractivity contribution in [3.05, 3.63) is 80.4 Å². The molecule has 0 radical (unpaired) electrons. The molecule has 0 aliphatic carbocycles. The van der Waals surface area contributed by atoms with Gasteiger partial charge in [-0.05, 0) is 98.1 Å². The van der Waals surface area contributed by atoms with Gasteiger partial charge in [0.05, 0.1) is 12.0 Å². The van der Waals surface area contributed by atoms with E-state index in [9.17, 15) is 18.0 Å². The summed E-state index contributed by atoms with van der Waals surface area (Å²) in [5.74, 6) is 0.228. The van der Waals surface area contributed by atoms with Crippen molar-refractivity contribution in [3.63, 3.8) is 0 Å². The molecule has 3 aromatic carbocycles. The van der Waals surface area contributed by atoms with Gasteiger partial charge in [0.25, 0.3) is 10.0 Å². The van der Waals surface area contributed by atoms with E-state index in [-0.39, 0.29) is 28.2 Å². The molecule has 11 heteroatoms. The van der Waals surface area contributed by atoms with Crippen molar-refractivity contribution in [3.8, 4) is 11.5 Å². The van der Waals surface area contributed by atoms with Crippen molar-refractivity contribution in [2.75, 3.05) is 12.4 Å². The van der Waals surface area contributed by atoms with E-state index in [2.05, 4.69) is 43.5 Å². The number of halogens is 2. The summed E-state index contributed by atoms with van der Waals surface area (Å²) in [4.78, 5) is 0.669. The highest BCUT2D eigenvalue weighted by molar-refractivity contribution is 14.1. The van der Waals surface area contributed by atoms with Crippen molar-refractivity contribution in [1.29, 1.82) is 0 Å². The lowest BCUT2D eigenvalue weighted by Crippen LogP contribution is -2.28. The van der Waals surface area contributed by atoms with E-state index in [0.29, 0.717) is 32.0 Å². The molecule has 0 saturated heterocycles. The fraction of sp³-hybridized carbons (Fsp3) is 0.269. The van der Waals surface area contributed by atoms with Gasteiger partial charge < -0.3 is 20.5 Å². The number of methoxy groups -OCH3 is 1. The van der Waals surface area contributed by atoms with Crippen LogP contribution in [0.2, 0.25) is 0 Å².